The van der Waals surface area contributed by atoms with Crippen LogP contribution in [0, 0.1) is 0 Å². The molecule has 0 saturated carbocycles. The fourth-order valence-electron chi connectivity index (χ4n) is 1.71. The Labute approximate surface area is 116 Å². The van der Waals surface area contributed by atoms with Gasteiger partial charge in [0.15, 0.2) is 0 Å². The Morgan fingerprint density at radius 3 is 2.21 bits per heavy atom. The predicted molar refractivity (Wildman–Crippen MR) is 85.5 cm³/mol. The van der Waals surface area contributed by atoms with Crippen LogP contribution in [0.1, 0.15) is 26.3 Å². The molecule has 0 atom stereocenters. The summed E-state index contributed by atoms with van der Waals surface area (Å²) in [5.74, 6) is 0. The van der Waals surface area contributed by atoms with Crippen molar-refractivity contribution in [2.45, 2.75) is 20.8 Å². The van der Waals surface area contributed by atoms with Gasteiger partial charge in [0, 0.05) is 11.3 Å². The summed E-state index contributed by atoms with van der Waals surface area (Å²) in [6, 6.07) is 10.2. The Hall–Kier alpha value is -2.15. The number of hydrogen-bond donors (Lipinski definition) is 0. The van der Waals surface area contributed by atoms with Crippen LogP contribution in [0.4, 0.5) is 0 Å². The minimum atomic E-state index is 0.796. The fourth-order valence-corrected chi connectivity index (χ4v) is 1.71. The van der Waals surface area contributed by atoms with E-state index >= 15 is 0 Å². The van der Waals surface area contributed by atoms with Gasteiger partial charge in [0.05, 0.1) is 5.71 Å². The van der Waals surface area contributed by atoms with Gasteiger partial charge in [-0.2, -0.15) is 0 Å². The highest BCUT2D eigenvalue weighted by atomic mass is 14.7. The normalized spacial score (nSPS) is 11.4. The number of hydrogen-bond acceptors (Lipinski definition) is 1. The average molecular weight is 251 g/mol. The van der Waals surface area contributed by atoms with E-state index in [0.717, 1.165) is 22.5 Å². The first-order valence-electron chi connectivity index (χ1n) is 6.33. The minimum absolute atomic E-state index is 0.796. The third kappa shape index (κ3) is 4.55. The lowest BCUT2D eigenvalue weighted by atomic mass is 9.98. The van der Waals surface area contributed by atoms with Crippen molar-refractivity contribution in [1.82, 2.24) is 0 Å². The van der Waals surface area contributed by atoms with Crippen LogP contribution in [0.25, 0.3) is 0 Å². The van der Waals surface area contributed by atoms with Gasteiger partial charge in [-0.1, -0.05) is 67.3 Å². The fraction of sp³-hybridized carbons (Fsp3) is 0.167. The van der Waals surface area contributed by atoms with E-state index in [1.165, 1.54) is 5.57 Å². The third-order valence-corrected chi connectivity index (χ3v) is 2.54. The molecule has 0 unspecified atom stereocenters. The van der Waals surface area contributed by atoms with Crippen LogP contribution in [0.3, 0.4) is 0 Å². The van der Waals surface area contributed by atoms with E-state index in [1.54, 1.807) is 6.08 Å². The lowest BCUT2D eigenvalue weighted by Gasteiger charge is -2.10. The van der Waals surface area contributed by atoms with Crippen molar-refractivity contribution in [3.8, 4) is 0 Å². The Bertz CT molecular complexity index is 538. The van der Waals surface area contributed by atoms with Gasteiger partial charge in [-0.3, -0.25) is 4.99 Å². The van der Waals surface area contributed by atoms with Gasteiger partial charge in [0.25, 0.3) is 0 Å². The average Bonchev–Trinajstić information content (AvgIpc) is 2.38. The van der Waals surface area contributed by atoms with E-state index in [1.807, 2.05) is 37.3 Å². The first kappa shape index (κ1) is 14.9. The van der Waals surface area contributed by atoms with Crippen LogP contribution in [0.15, 0.2) is 83.6 Å². The number of aliphatic imine (C=N–C) groups is 1. The molecule has 0 fully saturated rings. The number of benzene rings is 1. The van der Waals surface area contributed by atoms with Crippen LogP contribution in [-0.2, 0) is 0 Å². The van der Waals surface area contributed by atoms with E-state index in [0.29, 0.717) is 0 Å². The molecular weight excluding hydrogens is 230 g/mol. The van der Waals surface area contributed by atoms with Crippen molar-refractivity contribution in [2.24, 2.45) is 4.99 Å². The molecule has 0 spiro atoms. The molecule has 1 aromatic carbocycles. The van der Waals surface area contributed by atoms with Crippen molar-refractivity contribution >= 4 is 5.71 Å². The predicted octanol–water partition coefficient (Wildman–Crippen LogP) is 5.09. The van der Waals surface area contributed by atoms with Crippen LogP contribution in [0.5, 0.6) is 0 Å². The van der Waals surface area contributed by atoms with E-state index in [-0.39, 0.29) is 0 Å². The highest BCUT2D eigenvalue weighted by molar-refractivity contribution is 6.15. The molecule has 1 nitrogen and oxygen atoms in total. The molecule has 0 aliphatic heterocycles. The SMILES string of the molecule is C=C/C=C\C(C(=NC(=C)C)c1ccccc1)=C(C)C. The quantitative estimate of drug-likeness (QED) is 0.510. The zero-order valence-electron chi connectivity index (χ0n) is 12.0. The van der Waals surface area contributed by atoms with Crippen molar-refractivity contribution in [2.75, 3.05) is 0 Å². The van der Waals surface area contributed by atoms with Gasteiger partial charge in [-0.25, -0.2) is 0 Å². The summed E-state index contributed by atoms with van der Waals surface area (Å²) in [7, 11) is 0. The van der Waals surface area contributed by atoms with Crippen LogP contribution < -0.4 is 0 Å². The van der Waals surface area contributed by atoms with Gasteiger partial charge in [0.1, 0.15) is 0 Å². The van der Waals surface area contributed by atoms with Crippen molar-refractivity contribution < 1.29 is 0 Å². The lowest BCUT2D eigenvalue weighted by Crippen LogP contribution is -2.05. The highest BCUT2D eigenvalue weighted by Gasteiger charge is 2.08. The summed E-state index contributed by atoms with van der Waals surface area (Å²) < 4.78 is 0. The van der Waals surface area contributed by atoms with Gasteiger partial charge in [-0.05, 0) is 26.3 Å². The van der Waals surface area contributed by atoms with Crippen molar-refractivity contribution in [3.63, 3.8) is 0 Å². The van der Waals surface area contributed by atoms with E-state index in [4.69, 9.17) is 0 Å². The molecule has 1 rings (SSSR count). The smallest absolute Gasteiger partial charge is 0.0776 e. The molecule has 0 radical (unpaired) electrons. The molecule has 0 N–H and O–H groups in total. The zero-order chi connectivity index (χ0) is 14.3. The van der Waals surface area contributed by atoms with Crippen molar-refractivity contribution in [1.29, 1.82) is 0 Å². The Morgan fingerprint density at radius 2 is 1.74 bits per heavy atom. The molecule has 0 heterocycles. The first-order chi connectivity index (χ1) is 9.06. The molecule has 98 valence electrons. The molecule has 0 aliphatic carbocycles. The number of allylic oxidation sites excluding steroid dienone is 6. The van der Waals surface area contributed by atoms with Crippen LogP contribution in [0.2, 0.25) is 0 Å². The molecule has 0 amide bonds. The summed E-state index contributed by atoms with van der Waals surface area (Å²) in [5, 5.41) is 0. The monoisotopic (exact) mass is 251 g/mol. The van der Waals surface area contributed by atoms with E-state index in [9.17, 15) is 0 Å². The number of nitrogens with zero attached hydrogens (tertiary/aromatic N) is 1. The van der Waals surface area contributed by atoms with Gasteiger partial charge in [-0.15, -0.1) is 0 Å². The van der Waals surface area contributed by atoms with Crippen LogP contribution in [-0.4, -0.2) is 5.71 Å². The standard InChI is InChI=1S/C18H21N/c1-6-7-13-17(14(2)3)18(19-15(4)5)16-11-9-8-10-12-16/h6-13H,1,4H2,2-3,5H3/b13-7-,19-18?. The molecule has 1 aromatic rings. The molecule has 19 heavy (non-hydrogen) atoms. The van der Waals surface area contributed by atoms with Gasteiger partial charge >= 0.3 is 0 Å². The molecule has 1 heteroatoms. The van der Waals surface area contributed by atoms with Gasteiger partial charge < -0.3 is 0 Å². The summed E-state index contributed by atoms with van der Waals surface area (Å²) >= 11 is 0. The minimum Gasteiger partial charge on any atom is -0.253 e. The largest absolute Gasteiger partial charge is 0.253 e. The summed E-state index contributed by atoms with van der Waals surface area (Å²) in [5.41, 5.74) is 5.15. The molecular formula is C18H21N. The van der Waals surface area contributed by atoms with Crippen molar-refractivity contribution in [3.05, 3.63) is 84.1 Å². The summed E-state index contributed by atoms with van der Waals surface area (Å²) in [4.78, 5) is 4.60. The molecule has 0 saturated heterocycles. The maximum Gasteiger partial charge on any atom is 0.0776 e. The molecule has 0 aliphatic rings. The Kier molecular flexibility index (Phi) is 5.74. The maximum absolute atomic E-state index is 4.60. The van der Waals surface area contributed by atoms with E-state index < -0.39 is 0 Å². The Balaban J connectivity index is 3.40. The maximum atomic E-state index is 4.60. The number of rotatable bonds is 5. The molecule has 0 aromatic heterocycles. The van der Waals surface area contributed by atoms with E-state index in [2.05, 4.69) is 44.1 Å². The highest BCUT2D eigenvalue weighted by Crippen LogP contribution is 2.17. The summed E-state index contributed by atoms with van der Waals surface area (Å²) in [6.45, 7) is 13.7. The zero-order valence-corrected chi connectivity index (χ0v) is 12.0. The Morgan fingerprint density at radius 1 is 1.11 bits per heavy atom. The second-order valence-electron chi connectivity index (χ2n) is 4.57. The topological polar surface area (TPSA) is 12.4 Å². The second-order valence-corrected chi connectivity index (χ2v) is 4.57. The van der Waals surface area contributed by atoms with Gasteiger partial charge in [0.2, 0.25) is 0 Å². The first-order valence-corrected chi connectivity index (χ1v) is 6.33. The molecule has 0 bridgehead atoms. The summed E-state index contributed by atoms with van der Waals surface area (Å²) in [6.07, 6.45) is 5.74. The third-order valence-electron chi connectivity index (χ3n) is 2.54. The second kappa shape index (κ2) is 7.32. The lowest BCUT2D eigenvalue weighted by molar-refractivity contribution is 1.29. The van der Waals surface area contributed by atoms with Crippen LogP contribution >= 0.6 is 0 Å².